The van der Waals surface area contributed by atoms with Crippen molar-refractivity contribution in [2.75, 3.05) is 18.4 Å². The van der Waals surface area contributed by atoms with Gasteiger partial charge >= 0.3 is 0 Å². The topological polar surface area (TPSA) is 76.1 Å². The first kappa shape index (κ1) is 13.9. The molecular formula is C16H22N4O. The molecule has 1 aliphatic rings. The van der Waals surface area contributed by atoms with Crippen LogP contribution in [0.2, 0.25) is 0 Å². The number of nitrogens with one attached hydrogen (secondary N) is 1. The number of benzene rings is 1. The monoisotopic (exact) mass is 286 g/mol. The lowest BCUT2D eigenvalue weighted by atomic mass is 10.0. The molecular weight excluding hydrogens is 264 g/mol. The first-order valence-electron chi connectivity index (χ1n) is 7.61. The van der Waals surface area contributed by atoms with Crippen molar-refractivity contribution in [1.82, 2.24) is 9.78 Å². The molecule has 1 aliphatic carbocycles. The molecule has 0 aliphatic heterocycles. The molecule has 5 heteroatoms. The summed E-state index contributed by atoms with van der Waals surface area (Å²) in [7, 11) is 0. The molecule has 0 unspecified atom stereocenters. The summed E-state index contributed by atoms with van der Waals surface area (Å²) in [6.07, 6.45) is 6.80. The van der Waals surface area contributed by atoms with E-state index in [0.29, 0.717) is 12.5 Å². The maximum atomic E-state index is 9.71. The minimum absolute atomic E-state index is 0.261. The van der Waals surface area contributed by atoms with Crippen molar-refractivity contribution in [1.29, 1.82) is 0 Å². The Kier molecular flexibility index (Phi) is 4.10. The Labute approximate surface area is 124 Å². The van der Waals surface area contributed by atoms with Crippen LogP contribution in [0.15, 0.2) is 30.5 Å². The highest BCUT2D eigenvalue weighted by Crippen LogP contribution is 2.38. The zero-order chi connectivity index (χ0) is 14.7. The molecule has 1 aromatic carbocycles. The van der Waals surface area contributed by atoms with Gasteiger partial charge in [-0.15, -0.1) is 0 Å². The van der Waals surface area contributed by atoms with Crippen molar-refractivity contribution in [3.63, 3.8) is 0 Å². The molecule has 0 saturated heterocycles. The normalized spacial score (nSPS) is 15.5. The van der Waals surface area contributed by atoms with E-state index in [0.717, 1.165) is 17.9 Å². The first-order valence-corrected chi connectivity index (χ1v) is 7.61. The van der Waals surface area contributed by atoms with E-state index >= 15 is 0 Å². The van der Waals surface area contributed by atoms with E-state index in [1.165, 1.54) is 31.4 Å². The van der Waals surface area contributed by atoms with Crippen LogP contribution in [0.5, 0.6) is 5.75 Å². The number of aromatic nitrogens is 2. The van der Waals surface area contributed by atoms with E-state index in [4.69, 9.17) is 5.73 Å². The summed E-state index contributed by atoms with van der Waals surface area (Å²) in [6, 6.07) is 7.24. The molecule has 2 aromatic rings. The Balaban J connectivity index is 2.01. The van der Waals surface area contributed by atoms with Crippen LogP contribution in [0.3, 0.4) is 0 Å². The highest BCUT2D eigenvalue weighted by molar-refractivity contribution is 5.53. The Morgan fingerprint density at radius 3 is 2.86 bits per heavy atom. The maximum Gasteiger partial charge on any atom is 0.117 e. The summed E-state index contributed by atoms with van der Waals surface area (Å²) in [6.45, 7) is 1.34. The van der Waals surface area contributed by atoms with E-state index in [1.54, 1.807) is 12.1 Å². The van der Waals surface area contributed by atoms with Crippen molar-refractivity contribution < 1.29 is 5.11 Å². The van der Waals surface area contributed by atoms with E-state index in [9.17, 15) is 5.11 Å². The zero-order valence-electron chi connectivity index (χ0n) is 12.1. The van der Waals surface area contributed by atoms with Gasteiger partial charge in [0.15, 0.2) is 0 Å². The highest BCUT2D eigenvalue weighted by Gasteiger charge is 2.25. The SMILES string of the molecule is NCCNc1cnn(-c2cccc(O)c2)c1C1CCCC1. The molecule has 21 heavy (non-hydrogen) atoms. The fourth-order valence-corrected chi connectivity index (χ4v) is 3.12. The van der Waals surface area contributed by atoms with Crippen molar-refractivity contribution in [2.45, 2.75) is 31.6 Å². The lowest BCUT2D eigenvalue weighted by Crippen LogP contribution is -2.15. The van der Waals surface area contributed by atoms with Crippen LogP contribution in [-0.2, 0) is 0 Å². The molecule has 0 atom stereocenters. The second-order valence-corrected chi connectivity index (χ2v) is 5.57. The van der Waals surface area contributed by atoms with Crippen LogP contribution in [0, 0.1) is 0 Å². The van der Waals surface area contributed by atoms with Crippen LogP contribution < -0.4 is 11.1 Å². The zero-order valence-corrected chi connectivity index (χ0v) is 12.1. The molecule has 4 N–H and O–H groups in total. The molecule has 1 fully saturated rings. The summed E-state index contributed by atoms with van der Waals surface area (Å²) in [5.41, 5.74) is 8.78. The van der Waals surface area contributed by atoms with Crippen LogP contribution in [0.25, 0.3) is 5.69 Å². The fraction of sp³-hybridized carbons (Fsp3) is 0.438. The van der Waals surface area contributed by atoms with Crippen LogP contribution in [-0.4, -0.2) is 28.0 Å². The van der Waals surface area contributed by atoms with Gasteiger partial charge in [0.2, 0.25) is 0 Å². The average Bonchev–Trinajstić information content (AvgIpc) is 3.14. The Bertz CT molecular complexity index is 602. The highest BCUT2D eigenvalue weighted by atomic mass is 16.3. The second-order valence-electron chi connectivity index (χ2n) is 5.57. The third-order valence-electron chi connectivity index (χ3n) is 4.08. The number of phenolic OH excluding ortho intramolecular Hbond substituents is 1. The molecule has 112 valence electrons. The van der Waals surface area contributed by atoms with Gasteiger partial charge in [-0.05, 0) is 25.0 Å². The average molecular weight is 286 g/mol. The van der Waals surface area contributed by atoms with Gasteiger partial charge in [0, 0.05) is 25.1 Å². The number of aromatic hydroxyl groups is 1. The van der Waals surface area contributed by atoms with Crippen LogP contribution >= 0.6 is 0 Å². The van der Waals surface area contributed by atoms with Crippen LogP contribution in [0.1, 0.15) is 37.3 Å². The molecule has 0 radical (unpaired) electrons. The predicted molar refractivity (Wildman–Crippen MR) is 84.0 cm³/mol. The van der Waals surface area contributed by atoms with Crippen LogP contribution in [0.4, 0.5) is 5.69 Å². The Hall–Kier alpha value is -2.01. The van der Waals surface area contributed by atoms with Crippen molar-refractivity contribution in [2.24, 2.45) is 5.73 Å². The standard InChI is InChI=1S/C16H22N4O/c17-8-9-18-15-11-19-20(13-6-3-7-14(21)10-13)16(15)12-4-1-2-5-12/h3,6-7,10-12,18,21H,1-2,4-5,8-9,17H2. The number of nitrogens with two attached hydrogens (primary N) is 1. The molecule has 0 bridgehead atoms. The Morgan fingerprint density at radius 2 is 2.14 bits per heavy atom. The molecule has 0 amide bonds. The molecule has 1 saturated carbocycles. The Morgan fingerprint density at radius 1 is 1.33 bits per heavy atom. The minimum Gasteiger partial charge on any atom is -0.508 e. The molecule has 5 nitrogen and oxygen atoms in total. The van der Waals surface area contributed by atoms with Gasteiger partial charge in [-0.1, -0.05) is 18.9 Å². The van der Waals surface area contributed by atoms with Gasteiger partial charge in [0.1, 0.15) is 5.75 Å². The van der Waals surface area contributed by atoms with E-state index in [-0.39, 0.29) is 5.75 Å². The number of nitrogens with zero attached hydrogens (tertiary/aromatic N) is 2. The second kappa shape index (κ2) is 6.18. The molecule has 3 rings (SSSR count). The van der Waals surface area contributed by atoms with E-state index < -0.39 is 0 Å². The number of rotatable bonds is 5. The summed E-state index contributed by atoms with van der Waals surface area (Å²) in [5.74, 6) is 0.784. The summed E-state index contributed by atoms with van der Waals surface area (Å²) >= 11 is 0. The minimum atomic E-state index is 0.261. The fourth-order valence-electron chi connectivity index (χ4n) is 3.12. The third-order valence-corrected chi connectivity index (χ3v) is 4.08. The van der Waals surface area contributed by atoms with E-state index in [2.05, 4.69) is 10.4 Å². The summed E-state index contributed by atoms with van der Waals surface area (Å²) < 4.78 is 1.95. The van der Waals surface area contributed by atoms with Gasteiger partial charge in [-0.25, -0.2) is 4.68 Å². The molecule has 0 spiro atoms. The third kappa shape index (κ3) is 2.88. The largest absolute Gasteiger partial charge is 0.508 e. The maximum absolute atomic E-state index is 9.71. The first-order chi connectivity index (χ1) is 10.3. The number of hydrogen-bond donors (Lipinski definition) is 3. The summed E-state index contributed by atoms with van der Waals surface area (Å²) in [4.78, 5) is 0. The lowest BCUT2D eigenvalue weighted by Gasteiger charge is -2.16. The number of anilines is 1. The molecule has 1 heterocycles. The van der Waals surface area contributed by atoms with Gasteiger partial charge in [0.05, 0.1) is 23.3 Å². The van der Waals surface area contributed by atoms with Crippen molar-refractivity contribution in [3.05, 3.63) is 36.2 Å². The quantitative estimate of drug-likeness (QED) is 0.789. The van der Waals surface area contributed by atoms with E-state index in [1.807, 2.05) is 23.0 Å². The van der Waals surface area contributed by atoms with Gasteiger partial charge in [-0.2, -0.15) is 5.10 Å². The summed E-state index contributed by atoms with van der Waals surface area (Å²) in [5, 5.41) is 17.6. The lowest BCUT2D eigenvalue weighted by molar-refractivity contribution is 0.474. The predicted octanol–water partition coefficient (Wildman–Crippen LogP) is 2.61. The molecule has 1 aromatic heterocycles. The smallest absolute Gasteiger partial charge is 0.117 e. The van der Waals surface area contributed by atoms with Crippen molar-refractivity contribution >= 4 is 5.69 Å². The van der Waals surface area contributed by atoms with Gasteiger partial charge in [0.25, 0.3) is 0 Å². The van der Waals surface area contributed by atoms with Gasteiger partial charge in [-0.3, -0.25) is 0 Å². The number of hydrogen-bond acceptors (Lipinski definition) is 4. The van der Waals surface area contributed by atoms with Gasteiger partial charge < -0.3 is 16.2 Å². The van der Waals surface area contributed by atoms with Crippen molar-refractivity contribution in [3.8, 4) is 11.4 Å². The number of phenols is 1.